The number of carbonyl (C=O) groups excluding carboxylic acids is 1. The summed E-state index contributed by atoms with van der Waals surface area (Å²) in [6.45, 7) is 3.21. The Bertz CT molecular complexity index is 348. The summed E-state index contributed by atoms with van der Waals surface area (Å²) in [5.41, 5.74) is 1.09. The van der Waals surface area contributed by atoms with Gasteiger partial charge in [0, 0.05) is 6.92 Å². The molecule has 0 aromatic heterocycles. The third-order valence-corrected chi connectivity index (χ3v) is 2.22. The van der Waals surface area contributed by atoms with E-state index in [2.05, 4.69) is 4.72 Å². The predicted octanol–water partition coefficient (Wildman–Crippen LogP) is 1.09. The van der Waals surface area contributed by atoms with Crippen molar-refractivity contribution in [3.8, 4) is 5.75 Å². The molecule has 0 fully saturated rings. The van der Waals surface area contributed by atoms with Gasteiger partial charge in [-0.2, -0.15) is 4.21 Å². The molecule has 0 saturated heterocycles. The van der Waals surface area contributed by atoms with E-state index in [-0.39, 0.29) is 0 Å². The second-order valence-electron chi connectivity index (χ2n) is 2.79. The second kappa shape index (κ2) is 4.76. The molecule has 5 heteroatoms. The molecule has 0 bridgehead atoms. The fourth-order valence-electron chi connectivity index (χ4n) is 0.819. The number of rotatable bonds is 3. The first-order chi connectivity index (χ1) is 6.58. The summed E-state index contributed by atoms with van der Waals surface area (Å²) in [7, 11) is 0. The highest BCUT2D eigenvalue weighted by Crippen LogP contribution is 2.11. The summed E-state index contributed by atoms with van der Waals surface area (Å²) in [6.07, 6.45) is 0. The number of carbonyl (C=O) groups is 1. The van der Waals surface area contributed by atoms with Crippen molar-refractivity contribution in [2.24, 2.45) is 0 Å². The van der Waals surface area contributed by atoms with Crippen molar-refractivity contribution in [3.05, 3.63) is 29.8 Å². The van der Waals surface area contributed by atoms with Crippen LogP contribution < -0.4 is 8.91 Å². The van der Waals surface area contributed by atoms with Crippen molar-refractivity contribution in [1.82, 2.24) is 4.72 Å². The van der Waals surface area contributed by atoms with Crippen LogP contribution in [0.25, 0.3) is 0 Å². The Morgan fingerprint density at radius 1 is 1.36 bits per heavy atom. The number of hydrogen-bond donors (Lipinski definition) is 1. The fourth-order valence-corrected chi connectivity index (χ4v) is 1.38. The van der Waals surface area contributed by atoms with Gasteiger partial charge in [-0.05, 0) is 19.1 Å². The fraction of sp³-hybridized carbons (Fsp3) is 0.222. The SMILES string of the molecule is CC(=O)NS(=O)Oc1ccc(C)cc1. The molecule has 0 saturated carbocycles. The van der Waals surface area contributed by atoms with Crippen LogP contribution in [0.3, 0.4) is 0 Å². The largest absolute Gasteiger partial charge is 0.385 e. The van der Waals surface area contributed by atoms with E-state index < -0.39 is 17.2 Å². The zero-order valence-corrected chi connectivity index (χ0v) is 8.76. The van der Waals surface area contributed by atoms with Crippen LogP contribution in [-0.2, 0) is 16.1 Å². The van der Waals surface area contributed by atoms with Crippen molar-refractivity contribution in [2.45, 2.75) is 13.8 Å². The molecule has 4 nitrogen and oxygen atoms in total. The zero-order chi connectivity index (χ0) is 10.6. The minimum Gasteiger partial charge on any atom is -0.385 e. The highest BCUT2D eigenvalue weighted by Gasteiger charge is 2.03. The van der Waals surface area contributed by atoms with E-state index in [9.17, 15) is 9.00 Å². The Balaban J connectivity index is 2.56. The first-order valence-corrected chi connectivity index (χ1v) is 5.09. The third kappa shape index (κ3) is 3.57. The van der Waals surface area contributed by atoms with Crippen molar-refractivity contribution >= 4 is 17.2 Å². The minimum atomic E-state index is -1.81. The van der Waals surface area contributed by atoms with Gasteiger partial charge in [-0.3, -0.25) is 4.79 Å². The lowest BCUT2D eigenvalue weighted by molar-refractivity contribution is -0.117. The number of aryl methyl sites for hydroxylation is 1. The Morgan fingerprint density at radius 3 is 2.43 bits per heavy atom. The van der Waals surface area contributed by atoms with Gasteiger partial charge < -0.3 is 4.18 Å². The maximum absolute atomic E-state index is 11.1. The van der Waals surface area contributed by atoms with Crippen molar-refractivity contribution in [1.29, 1.82) is 0 Å². The number of amides is 1. The van der Waals surface area contributed by atoms with Gasteiger partial charge in [-0.1, -0.05) is 17.7 Å². The molecule has 0 aliphatic heterocycles. The molecule has 76 valence electrons. The van der Waals surface area contributed by atoms with Crippen LogP contribution in [0.4, 0.5) is 0 Å². The molecule has 0 heterocycles. The van der Waals surface area contributed by atoms with Gasteiger partial charge in [0.15, 0.2) is 0 Å². The maximum Gasteiger partial charge on any atom is 0.318 e. The Morgan fingerprint density at radius 2 is 1.93 bits per heavy atom. The molecule has 14 heavy (non-hydrogen) atoms. The van der Waals surface area contributed by atoms with Gasteiger partial charge in [-0.15, -0.1) is 0 Å². The molecule has 1 N–H and O–H groups in total. The molecule has 0 aliphatic carbocycles. The van der Waals surface area contributed by atoms with E-state index >= 15 is 0 Å². The van der Waals surface area contributed by atoms with Gasteiger partial charge >= 0.3 is 11.3 Å². The van der Waals surface area contributed by atoms with Crippen molar-refractivity contribution in [2.75, 3.05) is 0 Å². The molecule has 1 amide bonds. The van der Waals surface area contributed by atoms with E-state index in [1.165, 1.54) is 6.92 Å². The molecule has 1 aromatic rings. The van der Waals surface area contributed by atoms with Crippen LogP contribution in [-0.4, -0.2) is 10.1 Å². The summed E-state index contributed by atoms with van der Waals surface area (Å²) in [5, 5.41) is 0. The Labute approximate surface area is 85.1 Å². The molecule has 1 unspecified atom stereocenters. The van der Waals surface area contributed by atoms with E-state index in [0.29, 0.717) is 5.75 Å². The lowest BCUT2D eigenvalue weighted by Gasteiger charge is -2.04. The summed E-state index contributed by atoms with van der Waals surface area (Å²) < 4.78 is 18.1. The zero-order valence-electron chi connectivity index (χ0n) is 7.94. The quantitative estimate of drug-likeness (QED) is 0.817. The lowest BCUT2D eigenvalue weighted by Crippen LogP contribution is -2.26. The highest BCUT2D eigenvalue weighted by atomic mass is 32.2. The highest BCUT2D eigenvalue weighted by molar-refractivity contribution is 7.79. The van der Waals surface area contributed by atoms with Crippen molar-refractivity contribution in [3.63, 3.8) is 0 Å². The predicted molar refractivity (Wildman–Crippen MR) is 53.8 cm³/mol. The summed E-state index contributed by atoms with van der Waals surface area (Å²) in [6, 6.07) is 7.05. The monoisotopic (exact) mass is 213 g/mol. The van der Waals surface area contributed by atoms with Gasteiger partial charge in [0.1, 0.15) is 5.75 Å². The summed E-state index contributed by atoms with van der Waals surface area (Å²) >= 11 is -1.81. The van der Waals surface area contributed by atoms with Crippen LogP contribution in [0.1, 0.15) is 12.5 Å². The van der Waals surface area contributed by atoms with Gasteiger partial charge in [0.2, 0.25) is 5.91 Å². The van der Waals surface area contributed by atoms with Crippen molar-refractivity contribution < 1.29 is 13.2 Å². The molecule has 0 radical (unpaired) electrons. The average molecular weight is 213 g/mol. The molecule has 0 spiro atoms. The minimum absolute atomic E-state index is 0.393. The van der Waals surface area contributed by atoms with Crippen LogP contribution in [0.15, 0.2) is 24.3 Å². The lowest BCUT2D eigenvalue weighted by atomic mass is 10.2. The van der Waals surface area contributed by atoms with Gasteiger partial charge in [-0.25, -0.2) is 4.72 Å². The second-order valence-corrected chi connectivity index (χ2v) is 3.63. The first-order valence-electron chi connectivity index (χ1n) is 4.02. The molecule has 1 aromatic carbocycles. The standard InChI is InChI=1S/C9H11NO3S/c1-7-3-5-9(6-4-7)13-14(12)10-8(2)11/h3-6H,1-2H3,(H,10,11). The molecule has 1 rings (SSSR count). The average Bonchev–Trinajstić information content (AvgIpc) is 2.07. The number of hydrogen-bond acceptors (Lipinski definition) is 3. The third-order valence-electron chi connectivity index (χ3n) is 1.42. The number of benzene rings is 1. The van der Waals surface area contributed by atoms with Gasteiger partial charge in [0.05, 0.1) is 0 Å². The molecule has 1 atom stereocenters. The van der Waals surface area contributed by atoms with Crippen LogP contribution in [0.5, 0.6) is 5.75 Å². The molecular weight excluding hydrogens is 202 g/mol. The summed E-state index contributed by atoms with van der Waals surface area (Å²) in [4.78, 5) is 10.5. The topological polar surface area (TPSA) is 55.4 Å². The Kier molecular flexibility index (Phi) is 3.64. The Hall–Kier alpha value is -1.36. The van der Waals surface area contributed by atoms with Gasteiger partial charge in [0.25, 0.3) is 0 Å². The van der Waals surface area contributed by atoms with E-state index in [1.807, 2.05) is 19.1 Å². The van der Waals surface area contributed by atoms with Crippen LogP contribution >= 0.6 is 0 Å². The maximum atomic E-state index is 11.1. The number of nitrogens with one attached hydrogen (secondary N) is 1. The normalized spacial score (nSPS) is 11.9. The molecule has 0 aliphatic rings. The van der Waals surface area contributed by atoms with Crippen LogP contribution in [0.2, 0.25) is 0 Å². The summed E-state index contributed by atoms with van der Waals surface area (Å²) in [5.74, 6) is 0.0677. The molecular formula is C9H11NO3S. The first kappa shape index (κ1) is 10.7. The van der Waals surface area contributed by atoms with Crippen LogP contribution in [0, 0.1) is 6.92 Å². The smallest absolute Gasteiger partial charge is 0.318 e. The van der Waals surface area contributed by atoms with E-state index in [4.69, 9.17) is 4.18 Å². The van der Waals surface area contributed by atoms with E-state index in [0.717, 1.165) is 5.56 Å². The van der Waals surface area contributed by atoms with E-state index in [1.54, 1.807) is 12.1 Å².